The fourth-order valence-corrected chi connectivity index (χ4v) is 3.40. The lowest BCUT2D eigenvalue weighted by molar-refractivity contribution is 0.473. The maximum Gasteiger partial charge on any atom is 0.161 e. The molecule has 0 fully saturated rings. The molecule has 0 amide bonds. The predicted molar refractivity (Wildman–Crippen MR) is 88.3 cm³/mol. The molecule has 2 atom stereocenters. The molecule has 0 aromatic heterocycles. The van der Waals surface area contributed by atoms with E-state index in [1.54, 1.807) is 0 Å². The number of nitrogens with one attached hydrogen (secondary N) is 1. The first kappa shape index (κ1) is 15.0. The molecule has 0 unspecified atom stereocenters. The molecule has 1 aliphatic heterocycles. The van der Waals surface area contributed by atoms with Crippen LogP contribution < -0.4 is 11.1 Å². The number of fused-ring (bicyclic) bond motifs is 3. The zero-order chi connectivity index (χ0) is 16.8. The Labute approximate surface area is 137 Å². The third-order valence-electron chi connectivity index (χ3n) is 4.59. The second-order valence-corrected chi connectivity index (χ2v) is 6.09. The lowest BCUT2D eigenvalue weighted by Crippen LogP contribution is -2.39. The Morgan fingerprint density at radius 3 is 2.50 bits per heavy atom. The Kier molecular flexibility index (Phi) is 3.46. The number of halogens is 3. The van der Waals surface area contributed by atoms with Crippen molar-refractivity contribution in [3.05, 3.63) is 77.1 Å². The number of hydrogen-bond acceptors (Lipinski definition) is 2. The molecule has 0 saturated carbocycles. The van der Waals surface area contributed by atoms with Crippen molar-refractivity contribution in [1.29, 1.82) is 0 Å². The number of benzene rings is 3. The number of rotatable bonds is 1. The van der Waals surface area contributed by atoms with Gasteiger partial charge in [0, 0.05) is 23.4 Å². The Hall–Kier alpha value is -2.53. The van der Waals surface area contributed by atoms with E-state index in [2.05, 4.69) is 5.32 Å². The molecule has 24 heavy (non-hydrogen) atoms. The average Bonchev–Trinajstić information content (AvgIpc) is 2.58. The molecule has 1 aliphatic rings. The van der Waals surface area contributed by atoms with Crippen molar-refractivity contribution in [1.82, 2.24) is 0 Å². The number of anilines is 1. The highest BCUT2D eigenvalue weighted by Crippen LogP contribution is 2.37. The van der Waals surface area contributed by atoms with Crippen LogP contribution in [0, 0.1) is 17.5 Å². The van der Waals surface area contributed by atoms with E-state index in [1.165, 1.54) is 0 Å². The van der Waals surface area contributed by atoms with Crippen molar-refractivity contribution in [3.8, 4) is 0 Å². The molecule has 0 bridgehead atoms. The molecule has 0 radical (unpaired) electrons. The van der Waals surface area contributed by atoms with Crippen LogP contribution in [0.4, 0.5) is 18.9 Å². The highest BCUT2D eigenvalue weighted by atomic mass is 19.2. The standard InChI is InChI=1S/C19H15F3N2/c20-14-9-16(22)15(21)7-13(14)19-17(23)8-12-11-4-2-1-3-10(11)5-6-18(12)24-19/h1-7,9,17,19,24H,8,23H2/t17-,19+/m0/s1. The van der Waals surface area contributed by atoms with Crippen LogP contribution in [0.25, 0.3) is 10.8 Å². The van der Waals surface area contributed by atoms with Gasteiger partial charge in [0.1, 0.15) is 5.82 Å². The zero-order valence-electron chi connectivity index (χ0n) is 12.7. The molecule has 4 rings (SSSR count). The van der Waals surface area contributed by atoms with E-state index in [9.17, 15) is 13.2 Å². The normalized spacial score (nSPS) is 19.8. The molecule has 3 aromatic carbocycles. The zero-order valence-corrected chi connectivity index (χ0v) is 12.7. The molecule has 3 aromatic rings. The Balaban J connectivity index is 1.80. The van der Waals surface area contributed by atoms with Gasteiger partial charge in [-0.25, -0.2) is 13.2 Å². The Morgan fingerprint density at radius 2 is 1.67 bits per heavy atom. The largest absolute Gasteiger partial charge is 0.376 e. The van der Waals surface area contributed by atoms with Gasteiger partial charge in [-0.15, -0.1) is 0 Å². The SMILES string of the molecule is N[C@H]1Cc2c(ccc3ccccc23)N[C@@H]1c1cc(F)c(F)cc1F. The van der Waals surface area contributed by atoms with E-state index in [4.69, 9.17) is 5.73 Å². The summed E-state index contributed by atoms with van der Waals surface area (Å²) in [6, 6.07) is 12.2. The van der Waals surface area contributed by atoms with Crippen molar-refractivity contribution in [2.24, 2.45) is 5.73 Å². The van der Waals surface area contributed by atoms with Gasteiger partial charge in [-0.1, -0.05) is 30.3 Å². The van der Waals surface area contributed by atoms with E-state index >= 15 is 0 Å². The summed E-state index contributed by atoms with van der Waals surface area (Å²) in [5.74, 6) is -3.08. The predicted octanol–water partition coefficient (Wildman–Crippen LogP) is 4.29. The summed E-state index contributed by atoms with van der Waals surface area (Å²) in [5.41, 5.74) is 8.16. The molecular weight excluding hydrogens is 313 g/mol. The van der Waals surface area contributed by atoms with Gasteiger partial charge in [0.25, 0.3) is 0 Å². The second-order valence-electron chi connectivity index (χ2n) is 6.09. The second kappa shape index (κ2) is 5.53. The summed E-state index contributed by atoms with van der Waals surface area (Å²) in [7, 11) is 0. The van der Waals surface area contributed by atoms with Gasteiger partial charge in [0.2, 0.25) is 0 Å². The summed E-state index contributed by atoms with van der Waals surface area (Å²) >= 11 is 0. The van der Waals surface area contributed by atoms with Crippen molar-refractivity contribution in [2.75, 3.05) is 5.32 Å². The molecule has 0 saturated heterocycles. The summed E-state index contributed by atoms with van der Waals surface area (Å²) in [6.45, 7) is 0. The summed E-state index contributed by atoms with van der Waals surface area (Å²) in [5, 5.41) is 5.37. The minimum Gasteiger partial charge on any atom is -0.376 e. The van der Waals surface area contributed by atoms with E-state index in [0.29, 0.717) is 12.5 Å². The lowest BCUT2D eigenvalue weighted by Gasteiger charge is -2.33. The summed E-state index contributed by atoms with van der Waals surface area (Å²) in [6.07, 6.45) is 0.521. The molecule has 0 aliphatic carbocycles. The van der Waals surface area contributed by atoms with Crippen molar-refractivity contribution in [2.45, 2.75) is 18.5 Å². The minimum atomic E-state index is -1.20. The van der Waals surface area contributed by atoms with E-state index in [-0.39, 0.29) is 5.56 Å². The van der Waals surface area contributed by atoms with Gasteiger partial charge in [0.15, 0.2) is 11.6 Å². The number of hydrogen-bond donors (Lipinski definition) is 2. The van der Waals surface area contributed by atoms with Gasteiger partial charge in [0.05, 0.1) is 6.04 Å². The minimum absolute atomic E-state index is 0.0419. The third-order valence-corrected chi connectivity index (χ3v) is 4.59. The van der Waals surface area contributed by atoms with Crippen LogP contribution >= 0.6 is 0 Å². The van der Waals surface area contributed by atoms with Gasteiger partial charge >= 0.3 is 0 Å². The van der Waals surface area contributed by atoms with E-state index in [0.717, 1.165) is 28.1 Å². The molecule has 1 heterocycles. The molecular formula is C19H15F3N2. The van der Waals surface area contributed by atoms with E-state index < -0.39 is 29.5 Å². The van der Waals surface area contributed by atoms with Crippen LogP contribution in [-0.4, -0.2) is 6.04 Å². The summed E-state index contributed by atoms with van der Waals surface area (Å²) in [4.78, 5) is 0. The fourth-order valence-electron chi connectivity index (χ4n) is 3.40. The van der Waals surface area contributed by atoms with Crippen LogP contribution in [0.1, 0.15) is 17.2 Å². The van der Waals surface area contributed by atoms with Crippen LogP contribution in [0.2, 0.25) is 0 Å². The first-order chi connectivity index (χ1) is 11.5. The first-order valence-corrected chi connectivity index (χ1v) is 7.72. The lowest BCUT2D eigenvalue weighted by atomic mass is 9.87. The van der Waals surface area contributed by atoms with Crippen LogP contribution in [0.15, 0.2) is 48.5 Å². The van der Waals surface area contributed by atoms with Crippen LogP contribution in [0.5, 0.6) is 0 Å². The van der Waals surface area contributed by atoms with E-state index in [1.807, 2.05) is 36.4 Å². The molecule has 2 nitrogen and oxygen atoms in total. The molecule has 122 valence electrons. The first-order valence-electron chi connectivity index (χ1n) is 7.72. The highest BCUT2D eigenvalue weighted by molar-refractivity contribution is 5.90. The highest BCUT2D eigenvalue weighted by Gasteiger charge is 2.30. The van der Waals surface area contributed by atoms with Gasteiger partial charge in [-0.3, -0.25) is 0 Å². The van der Waals surface area contributed by atoms with Crippen LogP contribution in [0.3, 0.4) is 0 Å². The van der Waals surface area contributed by atoms with Crippen molar-refractivity contribution >= 4 is 16.5 Å². The fraction of sp³-hybridized carbons (Fsp3) is 0.158. The smallest absolute Gasteiger partial charge is 0.161 e. The Bertz CT molecular complexity index is 939. The quantitative estimate of drug-likeness (QED) is 0.654. The van der Waals surface area contributed by atoms with Gasteiger partial charge < -0.3 is 11.1 Å². The third kappa shape index (κ3) is 2.32. The van der Waals surface area contributed by atoms with Gasteiger partial charge in [-0.2, -0.15) is 0 Å². The van der Waals surface area contributed by atoms with Crippen molar-refractivity contribution in [3.63, 3.8) is 0 Å². The Morgan fingerprint density at radius 1 is 0.917 bits per heavy atom. The molecule has 5 heteroatoms. The topological polar surface area (TPSA) is 38.0 Å². The average molecular weight is 328 g/mol. The summed E-state index contributed by atoms with van der Waals surface area (Å²) < 4.78 is 40.8. The molecule has 3 N–H and O–H groups in total. The maximum atomic E-state index is 14.1. The van der Waals surface area contributed by atoms with Crippen molar-refractivity contribution < 1.29 is 13.2 Å². The number of nitrogens with two attached hydrogens (primary N) is 1. The maximum absolute atomic E-state index is 14.1. The van der Waals surface area contributed by atoms with Gasteiger partial charge in [-0.05, 0) is 34.9 Å². The molecule has 0 spiro atoms. The monoisotopic (exact) mass is 328 g/mol. The van der Waals surface area contributed by atoms with Crippen LogP contribution in [-0.2, 0) is 6.42 Å².